The molecule has 346 valence electrons. The Labute approximate surface area is 385 Å². The summed E-state index contributed by atoms with van der Waals surface area (Å²) >= 11 is 0. The monoisotopic (exact) mass is 926 g/mol. The Balaban J connectivity index is 1.27. The van der Waals surface area contributed by atoms with Crippen LogP contribution in [-0.4, -0.2) is 54.6 Å². The van der Waals surface area contributed by atoms with Gasteiger partial charge in [0.05, 0.1) is 61.3 Å². The molecule has 0 unspecified atom stereocenters. The summed E-state index contributed by atoms with van der Waals surface area (Å²) in [5, 5.41) is 1.64. The van der Waals surface area contributed by atoms with E-state index in [0.717, 1.165) is 79.5 Å². The summed E-state index contributed by atoms with van der Waals surface area (Å²) < 4.78 is 91.0. The van der Waals surface area contributed by atoms with Gasteiger partial charge in [-0.25, -0.2) is 0 Å². The summed E-state index contributed by atoms with van der Waals surface area (Å²) in [6.07, 6.45) is 0.337. The molecule has 2 aliphatic heterocycles. The van der Waals surface area contributed by atoms with Crippen LogP contribution >= 0.6 is 0 Å². The highest BCUT2D eigenvalue weighted by Gasteiger charge is 2.47. The van der Waals surface area contributed by atoms with Crippen LogP contribution in [-0.2, 0) is 18.8 Å². The van der Waals surface area contributed by atoms with Gasteiger partial charge >= 0.3 is 12.4 Å². The molecule has 5 aliphatic rings. The highest BCUT2D eigenvalue weighted by molar-refractivity contribution is 6.36. The maximum atomic E-state index is 15.7. The number of rotatable bonds is 4. The Bertz CT molecular complexity index is 3470. The number of alkyl halides is 6. The van der Waals surface area contributed by atoms with Crippen molar-refractivity contribution in [1.82, 2.24) is 18.9 Å². The summed E-state index contributed by atoms with van der Waals surface area (Å²) in [6.45, 7) is 3.76. The van der Waals surface area contributed by atoms with Crippen molar-refractivity contribution in [3.63, 3.8) is 0 Å². The number of aryl methyl sites for hydroxylation is 2. The van der Waals surface area contributed by atoms with Crippen LogP contribution in [0, 0.1) is 6.92 Å². The molecule has 0 spiro atoms. The lowest BCUT2D eigenvalue weighted by molar-refractivity contribution is -0.138. The first-order valence-corrected chi connectivity index (χ1v) is 23.5. The minimum absolute atomic E-state index is 0.0194. The average Bonchev–Trinajstić information content (AvgIpc) is 3.80. The number of carbonyl (C=O) groups is 4. The second-order valence-electron chi connectivity index (χ2n) is 19.4. The predicted molar refractivity (Wildman–Crippen MR) is 247 cm³/mol. The number of hydrogen-bond acceptors (Lipinski definition) is 4. The third-order valence-electron chi connectivity index (χ3n) is 15.3. The molecule has 2 fully saturated rings. The van der Waals surface area contributed by atoms with E-state index in [-0.39, 0.29) is 55.4 Å². The Morgan fingerprint density at radius 3 is 1.47 bits per heavy atom. The van der Waals surface area contributed by atoms with Crippen LogP contribution in [0.25, 0.3) is 60.9 Å². The van der Waals surface area contributed by atoms with Crippen LogP contribution in [0.5, 0.6) is 0 Å². The molecule has 5 aromatic carbocycles. The van der Waals surface area contributed by atoms with Gasteiger partial charge in [0.15, 0.2) is 0 Å². The Kier molecular flexibility index (Phi) is 9.34. The van der Waals surface area contributed by atoms with Crippen LogP contribution in [0.3, 0.4) is 0 Å². The second-order valence-corrected chi connectivity index (χ2v) is 19.4. The number of fused-ring (bicyclic) bond motifs is 6. The molecule has 0 saturated heterocycles. The second kappa shape index (κ2) is 14.9. The first kappa shape index (κ1) is 42.6. The van der Waals surface area contributed by atoms with Crippen molar-refractivity contribution in [1.29, 1.82) is 0 Å². The lowest BCUT2D eigenvalue weighted by atomic mass is 9.81. The lowest BCUT2D eigenvalue weighted by Gasteiger charge is -2.40. The molecule has 4 amide bonds. The van der Waals surface area contributed by atoms with Gasteiger partial charge < -0.3 is 9.13 Å². The molecule has 2 aromatic heterocycles. The molecule has 0 N–H and O–H groups in total. The van der Waals surface area contributed by atoms with E-state index in [1.165, 1.54) is 34.1 Å². The number of aromatic nitrogens is 2. The summed E-state index contributed by atoms with van der Waals surface area (Å²) in [5.41, 5.74) is 2.00. The quantitative estimate of drug-likeness (QED) is 0.130. The van der Waals surface area contributed by atoms with E-state index in [1.54, 1.807) is 15.2 Å². The van der Waals surface area contributed by atoms with Crippen molar-refractivity contribution in [3.05, 3.63) is 123 Å². The van der Waals surface area contributed by atoms with E-state index in [1.807, 2.05) is 32.1 Å². The molecular formula is C54H44F6N4O4. The maximum absolute atomic E-state index is 15.7. The van der Waals surface area contributed by atoms with Gasteiger partial charge in [0, 0.05) is 44.7 Å². The van der Waals surface area contributed by atoms with Crippen molar-refractivity contribution < 1.29 is 45.5 Å². The van der Waals surface area contributed by atoms with Gasteiger partial charge in [-0.1, -0.05) is 68.4 Å². The van der Waals surface area contributed by atoms with Crippen LogP contribution in [0.2, 0.25) is 0 Å². The summed E-state index contributed by atoms with van der Waals surface area (Å²) in [5.74, 6) is -2.74. The van der Waals surface area contributed by atoms with Crippen LogP contribution in [0.1, 0.15) is 147 Å². The molecule has 4 heterocycles. The first-order valence-electron chi connectivity index (χ1n) is 23.5. The number of hydrogen-bond donors (Lipinski definition) is 0. The molecular weight excluding hydrogens is 883 g/mol. The molecule has 68 heavy (non-hydrogen) atoms. The normalized spacial score (nSPS) is 18.5. The van der Waals surface area contributed by atoms with Crippen LogP contribution < -0.4 is 0 Å². The lowest BCUT2D eigenvalue weighted by Crippen LogP contribution is -2.50. The van der Waals surface area contributed by atoms with E-state index in [2.05, 4.69) is 0 Å². The Morgan fingerprint density at radius 2 is 0.956 bits per heavy atom. The molecule has 0 radical (unpaired) electrons. The number of benzene rings is 5. The summed E-state index contributed by atoms with van der Waals surface area (Å²) in [4.78, 5) is 64.7. The van der Waals surface area contributed by atoms with Crippen molar-refractivity contribution in [3.8, 4) is 11.4 Å². The minimum atomic E-state index is -4.74. The smallest absolute Gasteiger partial charge is 0.309 e. The van der Waals surface area contributed by atoms with Gasteiger partial charge in [-0.15, -0.1) is 0 Å². The van der Waals surface area contributed by atoms with Gasteiger partial charge in [0.2, 0.25) is 0 Å². The van der Waals surface area contributed by atoms with E-state index >= 15 is 19.2 Å². The minimum Gasteiger partial charge on any atom is -0.309 e. The van der Waals surface area contributed by atoms with Crippen molar-refractivity contribution in [2.45, 2.75) is 115 Å². The zero-order valence-corrected chi connectivity index (χ0v) is 37.3. The van der Waals surface area contributed by atoms with Gasteiger partial charge in [0.25, 0.3) is 23.6 Å². The number of amides is 4. The van der Waals surface area contributed by atoms with Crippen molar-refractivity contribution in [2.75, 3.05) is 0 Å². The summed E-state index contributed by atoms with van der Waals surface area (Å²) in [7, 11) is 0. The zero-order valence-electron chi connectivity index (χ0n) is 37.3. The van der Waals surface area contributed by atoms with Gasteiger partial charge in [0.1, 0.15) is 0 Å². The number of allylic oxidation sites excluding steroid dienone is 1. The fraction of sp³-hybridized carbons (Fsp3) is 0.333. The fourth-order valence-electron chi connectivity index (χ4n) is 12.2. The van der Waals surface area contributed by atoms with Crippen LogP contribution in [0.4, 0.5) is 26.3 Å². The van der Waals surface area contributed by atoms with Gasteiger partial charge in [-0.05, 0) is 112 Å². The van der Waals surface area contributed by atoms with Crippen molar-refractivity contribution in [2.24, 2.45) is 0 Å². The third-order valence-corrected chi connectivity index (χ3v) is 15.3. The molecule has 7 aromatic rings. The molecule has 0 bridgehead atoms. The highest BCUT2D eigenvalue weighted by Crippen LogP contribution is 2.49. The largest absolute Gasteiger partial charge is 0.416 e. The van der Waals surface area contributed by atoms with E-state index in [4.69, 9.17) is 0 Å². The van der Waals surface area contributed by atoms with Gasteiger partial charge in [-0.2, -0.15) is 26.3 Å². The van der Waals surface area contributed by atoms with Gasteiger partial charge in [-0.3, -0.25) is 29.0 Å². The predicted octanol–water partition coefficient (Wildman–Crippen LogP) is 13.4. The maximum Gasteiger partial charge on any atom is 0.416 e. The van der Waals surface area contributed by atoms with E-state index < -0.39 is 59.2 Å². The first-order chi connectivity index (χ1) is 32.5. The SMILES string of the molecule is CC1=Cc2c(c3ccc(C(F)(F)F)cc3n2-c2cc3c4c(c(-n5c6cc(C)ccc6c6ccc(C(F)(F)F)cc65)cc5c4c2C(=O)N(C2CCCCC2)C5=O)C(=O)N(C2CCCCC2)C3=O)CC1. The molecule has 2 saturated carbocycles. The number of halogens is 6. The van der Waals surface area contributed by atoms with Crippen molar-refractivity contribution >= 4 is 73.2 Å². The Morgan fingerprint density at radius 1 is 0.500 bits per heavy atom. The number of nitrogens with zero attached hydrogens (tertiary/aromatic N) is 4. The van der Waals surface area contributed by atoms with E-state index in [0.29, 0.717) is 65.9 Å². The average molecular weight is 927 g/mol. The van der Waals surface area contributed by atoms with Crippen LogP contribution in [0.15, 0.2) is 72.3 Å². The number of carbonyl (C=O) groups excluding carboxylic acids is 4. The highest BCUT2D eigenvalue weighted by atomic mass is 19.4. The molecule has 0 atom stereocenters. The van der Waals surface area contributed by atoms with E-state index in [9.17, 15) is 26.3 Å². The molecule has 3 aliphatic carbocycles. The molecule has 14 heteroatoms. The molecule has 12 rings (SSSR count). The fourth-order valence-corrected chi connectivity index (χ4v) is 12.2. The topological polar surface area (TPSA) is 84.6 Å². The third kappa shape index (κ3) is 6.13. The molecule has 8 nitrogen and oxygen atoms in total. The summed E-state index contributed by atoms with van der Waals surface area (Å²) in [6, 6.07) is 14.4. The number of imide groups is 2. The standard InChI is InChI=1S/C54H44F6N4O4/c1-27-13-17-33-35-19-15-29(53(55,56)57)23-41(35)63(39(33)21-27)43-25-37-46-45-38(50(66)61(51(67)47(43)45)31-9-5-3-6-10-31)26-44(48(46)52(68)62(49(37)65)32-11-7-4-8-12-32)64-40-22-28(2)14-18-34(40)36-20-16-30(24-42(36)64)54(58,59)60/h13,15-17,19-26,31-32H,3-12,14,18H2,1-2H3. The Hall–Kier alpha value is -6.70. The zero-order chi connectivity index (χ0) is 47.3.